The van der Waals surface area contributed by atoms with Crippen molar-refractivity contribution in [1.29, 1.82) is 0 Å². The quantitative estimate of drug-likeness (QED) is 0.358. The van der Waals surface area contributed by atoms with Crippen LogP contribution in [0, 0.1) is 41.3 Å². The molecule has 0 spiro atoms. The Kier molecular flexibility index (Phi) is 7.86. The van der Waals surface area contributed by atoms with Gasteiger partial charge >= 0.3 is 6.36 Å². The van der Waals surface area contributed by atoms with Gasteiger partial charge < -0.3 is 4.74 Å². The molecule has 0 amide bonds. The van der Waals surface area contributed by atoms with Crippen molar-refractivity contribution in [1.82, 2.24) is 0 Å². The number of halogens is 4. The molecule has 164 valence electrons. The van der Waals surface area contributed by atoms with Gasteiger partial charge in [-0.25, -0.2) is 4.39 Å². The Hall–Kier alpha value is -1.96. The van der Waals surface area contributed by atoms with Crippen molar-refractivity contribution in [2.24, 2.45) is 23.7 Å². The number of alkyl halides is 3. The molecule has 5 heteroatoms. The van der Waals surface area contributed by atoms with Gasteiger partial charge in [-0.05, 0) is 86.5 Å². The SMILES string of the molecule is CC[C@H]1CC[C@H](C2CCC(/C=C/C#Cc3ccc(OC(F)(F)F)c(F)c3)CC2)CC1. The first-order chi connectivity index (χ1) is 14.3. The molecular weight excluding hydrogens is 392 g/mol. The maximum Gasteiger partial charge on any atom is 0.573 e. The molecule has 0 radical (unpaired) electrons. The first-order valence-electron chi connectivity index (χ1n) is 11.1. The van der Waals surface area contributed by atoms with Crippen LogP contribution in [0.1, 0.15) is 70.3 Å². The van der Waals surface area contributed by atoms with E-state index >= 15 is 0 Å². The van der Waals surface area contributed by atoms with Crippen molar-refractivity contribution in [3.63, 3.8) is 0 Å². The third-order valence-corrected chi connectivity index (χ3v) is 6.78. The van der Waals surface area contributed by atoms with Gasteiger partial charge in [-0.15, -0.1) is 13.2 Å². The monoisotopic (exact) mass is 422 g/mol. The summed E-state index contributed by atoms with van der Waals surface area (Å²) in [6, 6.07) is 3.23. The Morgan fingerprint density at radius 3 is 2.20 bits per heavy atom. The third kappa shape index (κ3) is 6.79. The molecular formula is C25H30F4O. The van der Waals surface area contributed by atoms with Gasteiger partial charge in [-0.1, -0.05) is 44.1 Å². The Morgan fingerprint density at radius 1 is 1.00 bits per heavy atom. The van der Waals surface area contributed by atoms with E-state index in [-0.39, 0.29) is 0 Å². The van der Waals surface area contributed by atoms with Crippen LogP contribution in [0.3, 0.4) is 0 Å². The van der Waals surface area contributed by atoms with Crippen LogP contribution < -0.4 is 4.74 Å². The molecule has 0 heterocycles. The van der Waals surface area contributed by atoms with Crippen LogP contribution in [-0.2, 0) is 0 Å². The van der Waals surface area contributed by atoms with Gasteiger partial charge in [0.15, 0.2) is 11.6 Å². The average Bonchev–Trinajstić information content (AvgIpc) is 2.73. The molecule has 0 atom stereocenters. The van der Waals surface area contributed by atoms with Crippen LogP contribution in [0.2, 0.25) is 0 Å². The van der Waals surface area contributed by atoms with E-state index in [9.17, 15) is 17.6 Å². The number of allylic oxidation sites excluding steroid dienone is 2. The molecule has 1 aromatic carbocycles. The minimum Gasteiger partial charge on any atom is -0.403 e. The fourth-order valence-electron chi connectivity index (χ4n) is 4.97. The number of hydrogen-bond donors (Lipinski definition) is 0. The number of benzene rings is 1. The Balaban J connectivity index is 1.45. The zero-order valence-corrected chi connectivity index (χ0v) is 17.5. The summed E-state index contributed by atoms with van der Waals surface area (Å²) in [5, 5.41) is 0. The van der Waals surface area contributed by atoms with Crippen molar-refractivity contribution < 1.29 is 22.3 Å². The van der Waals surface area contributed by atoms with Crippen molar-refractivity contribution in [2.45, 2.75) is 71.1 Å². The largest absolute Gasteiger partial charge is 0.573 e. The molecule has 1 aromatic rings. The maximum atomic E-state index is 13.7. The van der Waals surface area contributed by atoms with E-state index < -0.39 is 17.9 Å². The summed E-state index contributed by atoms with van der Waals surface area (Å²) >= 11 is 0. The van der Waals surface area contributed by atoms with E-state index in [4.69, 9.17) is 0 Å². The first kappa shape index (κ1) is 22.7. The number of ether oxygens (including phenoxy) is 1. The molecule has 2 aliphatic carbocycles. The molecule has 0 unspecified atom stereocenters. The molecule has 30 heavy (non-hydrogen) atoms. The average molecular weight is 423 g/mol. The lowest BCUT2D eigenvalue weighted by Crippen LogP contribution is -2.25. The van der Waals surface area contributed by atoms with Crippen LogP contribution in [0.15, 0.2) is 30.4 Å². The lowest BCUT2D eigenvalue weighted by molar-refractivity contribution is -0.275. The molecule has 0 aromatic heterocycles. The van der Waals surface area contributed by atoms with Gasteiger partial charge in [0.2, 0.25) is 0 Å². The van der Waals surface area contributed by atoms with E-state index in [1.807, 2.05) is 0 Å². The highest BCUT2D eigenvalue weighted by molar-refractivity contribution is 5.41. The van der Waals surface area contributed by atoms with Crippen molar-refractivity contribution in [3.8, 4) is 17.6 Å². The highest BCUT2D eigenvalue weighted by atomic mass is 19.4. The lowest BCUT2D eigenvalue weighted by Gasteiger charge is -2.37. The Bertz CT molecular complexity index is 771. The van der Waals surface area contributed by atoms with E-state index in [1.54, 1.807) is 6.08 Å². The molecule has 1 nitrogen and oxygen atoms in total. The summed E-state index contributed by atoms with van der Waals surface area (Å²) in [5.41, 5.74) is 0.318. The summed E-state index contributed by atoms with van der Waals surface area (Å²) in [4.78, 5) is 0. The summed E-state index contributed by atoms with van der Waals surface area (Å²) in [6.45, 7) is 2.30. The van der Waals surface area contributed by atoms with Gasteiger partial charge in [0, 0.05) is 5.56 Å². The van der Waals surface area contributed by atoms with Crippen molar-refractivity contribution in [3.05, 3.63) is 41.7 Å². The molecule has 2 saturated carbocycles. The first-order valence-corrected chi connectivity index (χ1v) is 11.1. The third-order valence-electron chi connectivity index (χ3n) is 6.78. The van der Waals surface area contributed by atoms with E-state index in [0.29, 0.717) is 11.5 Å². The topological polar surface area (TPSA) is 9.23 Å². The predicted octanol–water partition coefficient (Wildman–Crippen LogP) is 7.65. The number of hydrogen-bond acceptors (Lipinski definition) is 1. The van der Waals surface area contributed by atoms with Crippen molar-refractivity contribution in [2.75, 3.05) is 0 Å². The van der Waals surface area contributed by atoms with Crippen LogP contribution >= 0.6 is 0 Å². The second-order valence-electron chi connectivity index (χ2n) is 8.69. The lowest BCUT2D eigenvalue weighted by atomic mass is 9.69. The fraction of sp³-hybridized carbons (Fsp3) is 0.600. The van der Waals surface area contributed by atoms with Gasteiger partial charge in [0.05, 0.1) is 0 Å². The molecule has 2 aliphatic rings. The predicted molar refractivity (Wildman–Crippen MR) is 110 cm³/mol. The molecule has 0 bridgehead atoms. The van der Waals surface area contributed by atoms with Crippen LogP contribution in [-0.4, -0.2) is 6.36 Å². The molecule has 3 rings (SSSR count). The second-order valence-corrected chi connectivity index (χ2v) is 8.69. The highest BCUT2D eigenvalue weighted by Gasteiger charge is 2.32. The van der Waals surface area contributed by atoms with Crippen LogP contribution in [0.5, 0.6) is 5.75 Å². The van der Waals surface area contributed by atoms with E-state index in [2.05, 4.69) is 29.6 Å². The summed E-state index contributed by atoms with van der Waals surface area (Å²) in [5.74, 6) is 6.98. The Morgan fingerprint density at radius 2 is 1.63 bits per heavy atom. The normalized spacial score (nSPS) is 27.5. The minimum absolute atomic E-state index is 0.318. The summed E-state index contributed by atoms with van der Waals surface area (Å²) < 4.78 is 53.9. The summed E-state index contributed by atoms with van der Waals surface area (Å²) in [7, 11) is 0. The zero-order chi connectivity index (χ0) is 21.6. The minimum atomic E-state index is -4.91. The van der Waals surface area contributed by atoms with Crippen LogP contribution in [0.4, 0.5) is 17.6 Å². The van der Waals surface area contributed by atoms with E-state index in [0.717, 1.165) is 29.9 Å². The fourth-order valence-corrected chi connectivity index (χ4v) is 4.97. The zero-order valence-electron chi connectivity index (χ0n) is 17.5. The van der Waals surface area contributed by atoms with Crippen LogP contribution in [0.25, 0.3) is 0 Å². The standard InChI is InChI=1S/C25H30F4O/c1-2-18-7-12-21(13-8-18)22-14-9-19(10-15-22)5-3-4-6-20-11-16-24(23(26)17-20)30-25(27,28)29/h3,5,11,16-19,21-22H,2,7-10,12-15H2,1H3/b5-3+/t18-,19?,21-,22?. The molecule has 0 N–H and O–H groups in total. The van der Waals surface area contributed by atoms with Gasteiger partial charge in [-0.2, -0.15) is 0 Å². The number of rotatable bonds is 4. The Labute approximate surface area is 176 Å². The maximum absolute atomic E-state index is 13.7. The summed E-state index contributed by atoms with van der Waals surface area (Å²) in [6.07, 6.45) is 10.9. The molecule has 0 saturated heterocycles. The van der Waals surface area contributed by atoms with Gasteiger partial charge in [0.1, 0.15) is 0 Å². The van der Waals surface area contributed by atoms with Crippen molar-refractivity contribution >= 4 is 0 Å². The van der Waals surface area contributed by atoms with E-state index in [1.165, 1.54) is 63.9 Å². The highest BCUT2D eigenvalue weighted by Crippen LogP contribution is 2.42. The smallest absolute Gasteiger partial charge is 0.403 e. The van der Waals surface area contributed by atoms with Gasteiger partial charge in [0.25, 0.3) is 0 Å². The molecule has 2 fully saturated rings. The van der Waals surface area contributed by atoms with Gasteiger partial charge in [-0.3, -0.25) is 0 Å². The molecule has 0 aliphatic heterocycles. The second kappa shape index (κ2) is 10.4.